The molecule has 0 amide bonds. The molecule has 34 heavy (non-hydrogen) atoms. The fraction of sp³-hybridized carbons (Fsp3) is 0.148. The number of allylic oxidation sites excluding steroid dienone is 1. The molecule has 0 spiro atoms. The van der Waals surface area contributed by atoms with E-state index in [0.29, 0.717) is 51.0 Å². The summed E-state index contributed by atoms with van der Waals surface area (Å²) in [6.45, 7) is 0.182. The van der Waals surface area contributed by atoms with Gasteiger partial charge in [-0.05, 0) is 54.1 Å². The third kappa shape index (κ3) is 3.16. The summed E-state index contributed by atoms with van der Waals surface area (Å²) in [7, 11) is 3.16. The van der Waals surface area contributed by atoms with Crippen LogP contribution in [0.25, 0.3) is 16.7 Å². The van der Waals surface area contributed by atoms with E-state index >= 15 is 0 Å². The molecule has 2 aliphatic rings. The van der Waals surface area contributed by atoms with E-state index in [1.807, 2.05) is 60.7 Å². The third-order valence-electron chi connectivity index (χ3n) is 6.06. The van der Waals surface area contributed by atoms with E-state index in [-0.39, 0.29) is 6.79 Å². The second-order valence-corrected chi connectivity index (χ2v) is 7.92. The molecule has 7 nitrogen and oxygen atoms in total. The predicted octanol–water partition coefficient (Wildman–Crippen LogP) is 5.10. The van der Waals surface area contributed by atoms with E-state index in [9.17, 15) is 4.79 Å². The van der Waals surface area contributed by atoms with Crippen LogP contribution in [0.3, 0.4) is 0 Å². The van der Waals surface area contributed by atoms with Gasteiger partial charge in [0.25, 0.3) is 0 Å². The molecule has 1 aromatic heterocycles. The van der Waals surface area contributed by atoms with Gasteiger partial charge in [0.05, 0.1) is 25.2 Å². The number of fused-ring (bicyclic) bond motifs is 4. The van der Waals surface area contributed by atoms with Crippen LogP contribution in [0.5, 0.6) is 28.7 Å². The van der Waals surface area contributed by atoms with Crippen LogP contribution in [0, 0.1) is 0 Å². The second-order valence-electron chi connectivity index (χ2n) is 7.92. The summed E-state index contributed by atoms with van der Waals surface area (Å²) in [4.78, 5) is 13.2. The zero-order chi connectivity index (χ0) is 23.2. The lowest BCUT2D eigenvalue weighted by Gasteiger charge is -2.26. The molecule has 1 unspecified atom stereocenters. The molecule has 0 aliphatic carbocycles. The molecule has 1 atom stereocenters. The number of methoxy groups -OCH3 is 2. The fourth-order valence-corrected chi connectivity index (χ4v) is 4.41. The highest BCUT2D eigenvalue weighted by Crippen LogP contribution is 2.45. The highest BCUT2D eigenvalue weighted by atomic mass is 16.7. The van der Waals surface area contributed by atoms with Gasteiger partial charge in [0, 0.05) is 11.5 Å². The highest BCUT2D eigenvalue weighted by Gasteiger charge is 2.31. The van der Waals surface area contributed by atoms with Gasteiger partial charge in [0.15, 0.2) is 23.0 Å². The molecule has 3 heterocycles. The lowest BCUT2D eigenvalue weighted by molar-refractivity contribution is 0.174. The van der Waals surface area contributed by atoms with E-state index in [4.69, 9.17) is 28.1 Å². The molecule has 170 valence electrons. The van der Waals surface area contributed by atoms with Gasteiger partial charge in [-0.3, -0.25) is 0 Å². The molecule has 0 fully saturated rings. The normalized spacial score (nSPS) is 15.9. The molecule has 4 aromatic rings. The fourth-order valence-electron chi connectivity index (χ4n) is 4.41. The number of hydrogen-bond acceptors (Lipinski definition) is 7. The molecule has 0 radical (unpaired) electrons. The minimum atomic E-state index is -0.450. The van der Waals surface area contributed by atoms with Crippen LogP contribution in [-0.4, -0.2) is 21.0 Å². The Hall–Kier alpha value is -4.39. The van der Waals surface area contributed by atoms with Crippen molar-refractivity contribution in [1.82, 2.24) is 0 Å². The van der Waals surface area contributed by atoms with Crippen molar-refractivity contribution < 1.29 is 28.1 Å². The predicted molar refractivity (Wildman–Crippen MR) is 125 cm³/mol. The van der Waals surface area contributed by atoms with Gasteiger partial charge >= 0.3 is 5.63 Å². The molecule has 3 aromatic carbocycles. The average Bonchev–Trinajstić information content (AvgIpc) is 3.35. The first-order chi connectivity index (χ1) is 16.7. The summed E-state index contributed by atoms with van der Waals surface area (Å²) in [5, 5.41) is 0.717. The van der Waals surface area contributed by atoms with Crippen molar-refractivity contribution in [1.29, 1.82) is 0 Å². The standard InChI is InChI=1S/C27H20O7/c1-29-20-9-7-15(11-23(20)30-2)18-13-22(16-8-10-21-24(12-16)32-14-31-21)33-26-17-5-3-4-6-19(17)34-27(28)25(18)26/h3-13,18H,14H2,1-2H3. The third-order valence-corrected chi connectivity index (χ3v) is 6.06. The van der Waals surface area contributed by atoms with Crippen molar-refractivity contribution in [2.24, 2.45) is 0 Å². The van der Waals surface area contributed by atoms with Crippen molar-refractivity contribution in [2.75, 3.05) is 21.0 Å². The van der Waals surface area contributed by atoms with Crippen LogP contribution in [0.1, 0.15) is 22.6 Å². The quantitative estimate of drug-likeness (QED) is 0.395. The lowest BCUT2D eigenvalue weighted by Crippen LogP contribution is -2.19. The monoisotopic (exact) mass is 456 g/mol. The Bertz CT molecular complexity index is 1520. The van der Waals surface area contributed by atoms with Crippen molar-refractivity contribution in [2.45, 2.75) is 5.92 Å². The first-order valence-corrected chi connectivity index (χ1v) is 10.7. The van der Waals surface area contributed by atoms with Crippen LogP contribution in [0.15, 0.2) is 76.0 Å². The van der Waals surface area contributed by atoms with E-state index in [1.54, 1.807) is 20.3 Å². The van der Waals surface area contributed by atoms with Crippen molar-refractivity contribution in [3.05, 3.63) is 93.9 Å². The van der Waals surface area contributed by atoms with Crippen LogP contribution >= 0.6 is 0 Å². The molecule has 0 bridgehead atoms. The van der Waals surface area contributed by atoms with E-state index in [1.165, 1.54) is 0 Å². The Labute approximate surface area is 194 Å². The van der Waals surface area contributed by atoms with Gasteiger partial charge in [0.2, 0.25) is 6.79 Å². The van der Waals surface area contributed by atoms with Crippen LogP contribution < -0.4 is 29.3 Å². The lowest BCUT2D eigenvalue weighted by atomic mass is 9.87. The summed E-state index contributed by atoms with van der Waals surface area (Å²) in [5.41, 5.74) is 2.08. The highest BCUT2D eigenvalue weighted by molar-refractivity contribution is 5.87. The van der Waals surface area contributed by atoms with Crippen molar-refractivity contribution in [3.63, 3.8) is 0 Å². The molecule has 6 rings (SSSR count). The van der Waals surface area contributed by atoms with Crippen molar-refractivity contribution >= 4 is 16.7 Å². The number of rotatable bonds is 4. The maximum Gasteiger partial charge on any atom is 0.344 e. The van der Waals surface area contributed by atoms with Gasteiger partial charge in [-0.25, -0.2) is 4.79 Å². The Balaban J connectivity index is 1.58. The zero-order valence-corrected chi connectivity index (χ0v) is 18.5. The molecule has 2 aliphatic heterocycles. The number of para-hydroxylation sites is 1. The van der Waals surface area contributed by atoms with Gasteiger partial charge in [-0.15, -0.1) is 0 Å². The summed E-state index contributed by atoms with van der Waals surface area (Å²) >= 11 is 0. The summed E-state index contributed by atoms with van der Waals surface area (Å²) in [6, 6.07) is 18.6. The van der Waals surface area contributed by atoms with E-state index in [2.05, 4.69) is 0 Å². The van der Waals surface area contributed by atoms with Crippen LogP contribution in [0.4, 0.5) is 0 Å². The Kier molecular flexibility index (Phi) is 4.69. The maximum atomic E-state index is 13.2. The Morgan fingerprint density at radius 1 is 0.882 bits per heavy atom. The molecule has 0 saturated heterocycles. The van der Waals surface area contributed by atoms with Gasteiger partial charge in [-0.2, -0.15) is 0 Å². The SMILES string of the molecule is COc1ccc(C2C=C(c3ccc4c(c3)OCO4)Oc3c2c(=O)oc2ccccc32)cc1OC. The van der Waals surface area contributed by atoms with Crippen LogP contribution in [0.2, 0.25) is 0 Å². The first-order valence-electron chi connectivity index (χ1n) is 10.7. The smallest absolute Gasteiger partial charge is 0.344 e. The topological polar surface area (TPSA) is 76.4 Å². The molecule has 0 N–H and O–H groups in total. The maximum absolute atomic E-state index is 13.2. The van der Waals surface area contributed by atoms with E-state index < -0.39 is 11.5 Å². The Morgan fingerprint density at radius 3 is 2.56 bits per heavy atom. The number of ether oxygens (including phenoxy) is 5. The van der Waals surface area contributed by atoms with Gasteiger partial charge in [-0.1, -0.05) is 18.2 Å². The average molecular weight is 456 g/mol. The first kappa shape index (κ1) is 20.2. The van der Waals surface area contributed by atoms with E-state index in [0.717, 1.165) is 11.1 Å². The van der Waals surface area contributed by atoms with Gasteiger partial charge in [0.1, 0.15) is 17.1 Å². The minimum absolute atomic E-state index is 0.182. The number of benzene rings is 3. The largest absolute Gasteiger partial charge is 0.493 e. The summed E-state index contributed by atoms with van der Waals surface area (Å²) in [5.74, 6) is 3.13. The Morgan fingerprint density at radius 2 is 1.71 bits per heavy atom. The summed E-state index contributed by atoms with van der Waals surface area (Å²) < 4.78 is 33.9. The minimum Gasteiger partial charge on any atom is -0.493 e. The van der Waals surface area contributed by atoms with Crippen molar-refractivity contribution in [3.8, 4) is 28.7 Å². The molecular formula is C27H20O7. The molecule has 7 heteroatoms. The van der Waals surface area contributed by atoms with Crippen LogP contribution in [-0.2, 0) is 0 Å². The zero-order valence-electron chi connectivity index (χ0n) is 18.5. The molecular weight excluding hydrogens is 436 g/mol. The molecule has 0 saturated carbocycles. The second kappa shape index (κ2) is 7.88. The summed E-state index contributed by atoms with van der Waals surface area (Å²) in [6.07, 6.45) is 1.91. The number of hydrogen-bond donors (Lipinski definition) is 0. The van der Waals surface area contributed by atoms with Gasteiger partial charge < -0.3 is 28.1 Å².